The Morgan fingerprint density at radius 2 is 1.75 bits per heavy atom. The second-order valence-corrected chi connectivity index (χ2v) is 5.42. The fourth-order valence-electron chi connectivity index (χ4n) is 2.56. The molecule has 1 aromatic rings. The molecule has 1 aliphatic carbocycles. The van der Waals surface area contributed by atoms with Gasteiger partial charge in [-0.05, 0) is 6.42 Å². The molecule has 0 spiro atoms. The molecule has 0 saturated heterocycles. The van der Waals surface area contributed by atoms with Crippen molar-refractivity contribution in [2.24, 2.45) is 0 Å². The largest absolute Gasteiger partial charge is 0.435 e. The van der Waals surface area contributed by atoms with E-state index in [2.05, 4.69) is 5.10 Å². The molecule has 0 amide bonds. The number of rotatable bonds is 3. The van der Waals surface area contributed by atoms with Crippen molar-refractivity contribution in [3.8, 4) is 0 Å². The monoisotopic (exact) mass is 370 g/mol. The van der Waals surface area contributed by atoms with Crippen molar-refractivity contribution in [3.63, 3.8) is 0 Å². The summed E-state index contributed by atoms with van der Waals surface area (Å²) in [4.78, 5) is 0. The minimum Gasteiger partial charge on any atom is -0.382 e. The molecule has 0 unspecified atom stereocenters. The summed E-state index contributed by atoms with van der Waals surface area (Å²) in [5, 5.41) is 12.4. The number of hydrogen-bond donors (Lipinski definition) is 1. The number of aryl methyl sites for hydroxylation is 1. The predicted molar refractivity (Wildman–Crippen MR) is 60.9 cm³/mol. The smallest absolute Gasteiger partial charge is 0.382 e. The summed E-state index contributed by atoms with van der Waals surface area (Å²) in [5.41, 5.74) is -4.29. The average Bonchev–Trinajstić information content (AvgIpc) is 2.74. The fourth-order valence-corrected chi connectivity index (χ4v) is 2.56. The molecule has 1 N–H and O–H groups in total. The molecule has 1 heterocycles. The van der Waals surface area contributed by atoms with E-state index in [1.54, 1.807) is 0 Å². The van der Waals surface area contributed by atoms with Gasteiger partial charge in [0.05, 0.1) is 12.1 Å². The topological polar surface area (TPSA) is 38.1 Å². The lowest BCUT2D eigenvalue weighted by Gasteiger charge is -2.30. The quantitative estimate of drug-likeness (QED) is 0.805. The van der Waals surface area contributed by atoms with E-state index in [9.17, 15) is 44.6 Å². The summed E-state index contributed by atoms with van der Waals surface area (Å²) in [6, 6.07) is 0. The highest BCUT2D eigenvalue weighted by Crippen LogP contribution is 2.51. The Balaban J connectivity index is 2.44. The summed E-state index contributed by atoms with van der Waals surface area (Å²) in [6.45, 7) is -0.753. The summed E-state index contributed by atoms with van der Waals surface area (Å²) in [5.74, 6) is -4.15. The number of fused-ring (bicyclic) bond motifs is 1. The van der Waals surface area contributed by atoms with Gasteiger partial charge in [0.25, 0.3) is 5.92 Å². The van der Waals surface area contributed by atoms with Gasteiger partial charge >= 0.3 is 12.4 Å². The Hall–Kier alpha value is -1.46. The number of nitrogens with zero attached hydrogens (tertiary/aromatic N) is 2. The van der Waals surface area contributed by atoms with Crippen LogP contribution in [0.5, 0.6) is 0 Å². The normalized spacial score (nSPS) is 24.1. The van der Waals surface area contributed by atoms with Crippen molar-refractivity contribution in [1.82, 2.24) is 9.78 Å². The van der Waals surface area contributed by atoms with Crippen molar-refractivity contribution in [2.75, 3.05) is 0 Å². The molecule has 3 nitrogen and oxygen atoms in total. The number of halogens is 9. The van der Waals surface area contributed by atoms with Crippen LogP contribution in [-0.2, 0) is 12.7 Å². The number of aliphatic hydroxyl groups excluding tert-OH is 1. The van der Waals surface area contributed by atoms with Gasteiger partial charge in [-0.15, -0.1) is 0 Å². The SMILES string of the molecule is O[C@@H]1c2c(C(F)(F)F)nn(CCCC(F)(F)F)c2[C@H](F)CC1(F)F. The van der Waals surface area contributed by atoms with E-state index in [4.69, 9.17) is 0 Å². The molecule has 0 aromatic carbocycles. The van der Waals surface area contributed by atoms with Gasteiger partial charge in [-0.3, -0.25) is 4.68 Å². The van der Waals surface area contributed by atoms with Crippen LogP contribution >= 0.6 is 0 Å². The van der Waals surface area contributed by atoms with Crippen molar-refractivity contribution in [3.05, 3.63) is 17.0 Å². The van der Waals surface area contributed by atoms with Crippen molar-refractivity contribution >= 4 is 0 Å². The first-order valence-electron chi connectivity index (χ1n) is 6.68. The zero-order valence-electron chi connectivity index (χ0n) is 11.7. The Morgan fingerprint density at radius 1 is 1.17 bits per heavy atom. The van der Waals surface area contributed by atoms with Crippen LogP contribution in [0.15, 0.2) is 0 Å². The maximum absolute atomic E-state index is 13.9. The van der Waals surface area contributed by atoms with Gasteiger partial charge < -0.3 is 5.11 Å². The lowest BCUT2D eigenvalue weighted by atomic mass is 9.88. The summed E-state index contributed by atoms with van der Waals surface area (Å²) in [7, 11) is 0. The maximum Gasteiger partial charge on any atom is 0.435 e. The Labute approximate surface area is 129 Å². The van der Waals surface area contributed by atoms with E-state index < -0.39 is 73.3 Å². The molecule has 0 aliphatic heterocycles. The highest BCUT2D eigenvalue weighted by Gasteiger charge is 2.54. The first-order valence-corrected chi connectivity index (χ1v) is 6.68. The fraction of sp³-hybridized carbons (Fsp3) is 0.750. The lowest BCUT2D eigenvalue weighted by Crippen LogP contribution is -2.34. The van der Waals surface area contributed by atoms with E-state index in [0.717, 1.165) is 0 Å². The standard InChI is InChI=1S/C12H11F9N2O/c13-5-4-10(14,15)9(24)6-7(5)23(3-1-2-11(16,17)18)22-8(6)12(19,20)21/h5,9,24H,1-4H2/t5-,9-/m1/s1. The van der Waals surface area contributed by atoms with E-state index in [1.807, 2.05) is 0 Å². The molecule has 1 aliphatic rings. The molecule has 138 valence electrons. The third-order valence-electron chi connectivity index (χ3n) is 3.55. The average molecular weight is 370 g/mol. The van der Waals surface area contributed by atoms with E-state index in [0.29, 0.717) is 0 Å². The molecule has 0 radical (unpaired) electrons. The highest BCUT2D eigenvalue weighted by atomic mass is 19.4. The molecule has 0 saturated carbocycles. The number of aliphatic hydroxyl groups is 1. The summed E-state index contributed by atoms with van der Waals surface area (Å²) < 4.78 is 116. The van der Waals surface area contributed by atoms with Crippen LogP contribution in [0.25, 0.3) is 0 Å². The molecular formula is C12H11F9N2O. The highest BCUT2D eigenvalue weighted by molar-refractivity contribution is 5.36. The summed E-state index contributed by atoms with van der Waals surface area (Å²) in [6.07, 6.45) is -19.0. The Morgan fingerprint density at radius 3 is 2.25 bits per heavy atom. The van der Waals surface area contributed by atoms with E-state index >= 15 is 0 Å². The van der Waals surface area contributed by atoms with Crippen molar-refractivity contribution in [2.45, 2.75) is 56.4 Å². The molecule has 2 atom stereocenters. The number of alkyl halides is 9. The van der Waals surface area contributed by atoms with Gasteiger partial charge in [0.15, 0.2) is 5.69 Å². The molecule has 2 rings (SSSR count). The third kappa shape index (κ3) is 3.62. The zero-order valence-corrected chi connectivity index (χ0v) is 11.7. The van der Waals surface area contributed by atoms with Crippen molar-refractivity contribution < 1.29 is 44.6 Å². The predicted octanol–water partition coefficient (Wildman–Crippen LogP) is 4.33. The van der Waals surface area contributed by atoms with E-state index in [-0.39, 0.29) is 4.68 Å². The van der Waals surface area contributed by atoms with Gasteiger partial charge in [0.2, 0.25) is 0 Å². The van der Waals surface area contributed by atoms with Crippen LogP contribution in [0.2, 0.25) is 0 Å². The molecule has 1 aromatic heterocycles. The van der Waals surface area contributed by atoms with Crippen LogP contribution in [0.4, 0.5) is 39.5 Å². The van der Waals surface area contributed by atoms with Crippen LogP contribution < -0.4 is 0 Å². The van der Waals surface area contributed by atoms with Crippen LogP contribution in [0, 0.1) is 0 Å². The van der Waals surface area contributed by atoms with Gasteiger partial charge in [-0.2, -0.15) is 31.4 Å². The van der Waals surface area contributed by atoms with Gasteiger partial charge in [-0.1, -0.05) is 0 Å². The van der Waals surface area contributed by atoms with Crippen LogP contribution in [0.1, 0.15) is 48.5 Å². The second-order valence-electron chi connectivity index (χ2n) is 5.42. The third-order valence-corrected chi connectivity index (χ3v) is 3.55. The number of hydrogen-bond acceptors (Lipinski definition) is 2. The van der Waals surface area contributed by atoms with E-state index in [1.165, 1.54) is 0 Å². The molecule has 0 bridgehead atoms. The summed E-state index contributed by atoms with van der Waals surface area (Å²) >= 11 is 0. The minimum absolute atomic E-state index is 0.285. The van der Waals surface area contributed by atoms with Crippen LogP contribution in [-0.4, -0.2) is 27.0 Å². The Kier molecular flexibility index (Phi) is 4.57. The Bertz CT molecular complexity index is 605. The van der Waals surface area contributed by atoms with Gasteiger partial charge in [-0.25, -0.2) is 13.2 Å². The number of aromatic nitrogens is 2. The molecule has 24 heavy (non-hydrogen) atoms. The molecule has 0 fully saturated rings. The lowest BCUT2D eigenvalue weighted by molar-refractivity contribution is -0.154. The second kappa shape index (κ2) is 5.81. The zero-order chi connectivity index (χ0) is 18.5. The first kappa shape index (κ1) is 18.9. The first-order chi connectivity index (χ1) is 10.7. The molecule has 12 heteroatoms. The van der Waals surface area contributed by atoms with Crippen LogP contribution in [0.3, 0.4) is 0 Å². The van der Waals surface area contributed by atoms with Gasteiger partial charge in [0.1, 0.15) is 12.3 Å². The molecular weight excluding hydrogens is 359 g/mol. The maximum atomic E-state index is 13.9. The minimum atomic E-state index is -5.27. The van der Waals surface area contributed by atoms with Gasteiger partial charge in [0, 0.05) is 18.5 Å². The van der Waals surface area contributed by atoms with Crippen molar-refractivity contribution in [1.29, 1.82) is 0 Å².